The van der Waals surface area contributed by atoms with E-state index in [4.69, 9.17) is 21.1 Å². The van der Waals surface area contributed by atoms with Gasteiger partial charge in [-0.2, -0.15) is 10.2 Å². The summed E-state index contributed by atoms with van der Waals surface area (Å²) in [4.78, 5) is 11.2. The van der Waals surface area contributed by atoms with E-state index >= 15 is 0 Å². The fourth-order valence-corrected chi connectivity index (χ4v) is 5.00. The molecule has 8 nitrogen and oxygen atoms in total. The van der Waals surface area contributed by atoms with Crippen molar-refractivity contribution < 1.29 is 10.1 Å². The highest BCUT2D eigenvalue weighted by atomic mass is 16.5. The van der Waals surface area contributed by atoms with E-state index in [0.717, 1.165) is 38.1 Å². The minimum Gasteiger partial charge on any atom is -0.457 e. The van der Waals surface area contributed by atoms with Gasteiger partial charge in [0.15, 0.2) is 0 Å². The summed E-state index contributed by atoms with van der Waals surface area (Å²) in [6.45, 7) is 5.85. The van der Waals surface area contributed by atoms with Gasteiger partial charge in [0.2, 0.25) is 5.82 Å². The molecular weight excluding hydrogens is 450 g/mol. The monoisotopic (exact) mass is 480 g/mol. The lowest BCUT2D eigenvalue weighted by molar-refractivity contribution is -0.617. The van der Waals surface area contributed by atoms with E-state index in [-0.39, 0.29) is 11.8 Å². The van der Waals surface area contributed by atoms with Crippen LogP contribution in [0.1, 0.15) is 30.4 Å². The highest BCUT2D eigenvalue weighted by molar-refractivity contribution is 6.15. The Kier molecular flexibility index (Phi) is 6.76. The number of likely N-dealkylation sites (tertiary alicyclic amines) is 1. The molecule has 0 spiro atoms. The number of aromatic nitrogens is 2. The van der Waals surface area contributed by atoms with Crippen molar-refractivity contribution in [2.75, 3.05) is 18.8 Å². The molecule has 3 unspecified atom stereocenters. The van der Waals surface area contributed by atoms with Crippen molar-refractivity contribution in [1.82, 2.24) is 14.9 Å². The van der Waals surface area contributed by atoms with Crippen molar-refractivity contribution >= 4 is 17.3 Å². The van der Waals surface area contributed by atoms with Crippen molar-refractivity contribution in [2.24, 2.45) is 5.92 Å². The zero-order valence-electron chi connectivity index (χ0n) is 20.1. The van der Waals surface area contributed by atoms with Gasteiger partial charge in [-0.1, -0.05) is 24.8 Å². The number of benzene rings is 2. The second kappa shape index (κ2) is 10.3. The Morgan fingerprint density at radius 2 is 1.89 bits per heavy atom. The number of nitrogens with one attached hydrogen (secondary N) is 1. The summed E-state index contributed by atoms with van der Waals surface area (Å²) < 4.78 is 5.88. The normalized spacial score (nSPS) is 21.4. The summed E-state index contributed by atoms with van der Waals surface area (Å²) >= 11 is 0. The third-order valence-electron chi connectivity index (χ3n) is 6.98. The molecule has 1 saturated carbocycles. The van der Waals surface area contributed by atoms with Crippen LogP contribution in [0, 0.1) is 22.7 Å². The smallest absolute Gasteiger partial charge is 0.239 e. The summed E-state index contributed by atoms with van der Waals surface area (Å²) in [6.07, 6.45) is 4.61. The Hall–Kier alpha value is -4.06. The maximum Gasteiger partial charge on any atom is 0.239 e. The number of nitrogens with zero attached hydrogens (tertiary/aromatic N) is 4. The SMILES string of the molecule is C=C(C#N)C1CC1N1CCCC([NH2+]c2ncnc(N)c2C(=N)c2ccc(Oc3ccccc3)cc2)C1. The molecule has 1 aliphatic carbocycles. The topological polar surface area (TPSA) is 129 Å². The first kappa shape index (κ1) is 23.7. The minimum atomic E-state index is 0.283. The lowest BCUT2D eigenvalue weighted by Crippen LogP contribution is -2.88. The molecule has 8 heteroatoms. The molecule has 36 heavy (non-hydrogen) atoms. The molecule has 1 saturated heterocycles. The Morgan fingerprint density at radius 1 is 1.14 bits per heavy atom. The van der Waals surface area contributed by atoms with Crippen LogP contribution in [0.25, 0.3) is 0 Å². The van der Waals surface area contributed by atoms with Gasteiger partial charge in [-0.3, -0.25) is 15.6 Å². The Balaban J connectivity index is 1.29. The first-order valence-corrected chi connectivity index (χ1v) is 12.2. The number of hydrogen-bond donors (Lipinski definition) is 3. The first-order chi connectivity index (χ1) is 17.5. The number of nitrogens with two attached hydrogens (primary N) is 2. The molecular formula is C28H30N7O+. The molecule has 3 aromatic rings. The van der Waals surface area contributed by atoms with Crippen LogP contribution in [0.3, 0.4) is 0 Å². The third kappa shape index (κ3) is 5.13. The second-order valence-electron chi connectivity index (χ2n) is 9.44. The number of anilines is 1. The maximum atomic E-state index is 9.16. The zero-order chi connectivity index (χ0) is 25.1. The van der Waals surface area contributed by atoms with E-state index in [2.05, 4.69) is 32.8 Å². The molecule has 1 aliphatic heterocycles. The van der Waals surface area contributed by atoms with E-state index in [1.807, 2.05) is 54.6 Å². The molecule has 3 atom stereocenters. The molecule has 182 valence electrons. The van der Waals surface area contributed by atoms with Gasteiger partial charge < -0.3 is 10.5 Å². The predicted molar refractivity (Wildman–Crippen MR) is 138 cm³/mol. The van der Waals surface area contributed by atoms with Crippen molar-refractivity contribution in [3.8, 4) is 17.6 Å². The van der Waals surface area contributed by atoms with Gasteiger partial charge in [-0.15, -0.1) is 0 Å². The van der Waals surface area contributed by atoms with Crippen LogP contribution >= 0.6 is 0 Å². The lowest BCUT2D eigenvalue weighted by atomic mass is 10.0. The predicted octanol–water partition coefficient (Wildman–Crippen LogP) is 3.39. The van der Waals surface area contributed by atoms with E-state index in [9.17, 15) is 0 Å². The van der Waals surface area contributed by atoms with Crippen LogP contribution in [0.15, 0.2) is 73.1 Å². The van der Waals surface area contributed by atoms with Crippen molar-refractivity contribution in [3.63, 3.8) is 0 Å². The van der Waals surface area contributed by atoms with Crippen molar-refractivity contribution in [2.45, 2.75) is 31.3 Å². The standard InChI is InChI=1S/C28H29N7O/c1-18(15-29)23-14-24(23)35-13-5-6-20(16-35)34-28-25(27(31)32-17-33-28)26(30)19-9-11-22(12-10-19)36-21-7-3-2-4-8-21/h2-4,7-12,17,20,23-24,30H,1,5-6,13-14,16H2,(H3,31,32,33,34)/p+1. The summed E-state index contributed by atoms with van der Waals surface area (Å²) in [5, 5.41) is 20.2. The van der Waals surface area contributed by atoms with Crippen molar-refractivity contribution in [1.29, 1.82) is 10.7 Å². The van der Waals surface area contributed by atoms with Crippen LogP contribution in [-0.4, -0.2) is 45.8 Å². The third-order valence-corrected chi connectivity index (χ3v) is 6.98. The van der Waals surface area contributed by atoms with Crippen LogP contribution in [-0.2, 0) is 0 Å². The summed E-state index contributed by atoms with van der Waals surface area (Å²) in [6, 6.07) is 19.9. The van der Waals surface area contributed by atoms with E-state index in [0.29, 0.717) is 46.0 Å². The highest BCUT2D eigenvalue weighted by Crippen LogP contribution is 2.41. The van der Waals surface area contributed by atoms with Gasteiger partial charge >= 0.3 is 0 Å². The van der Waals surface area contributed by atoms with Gasteiger partial charge in [-0.25, -0.2) is 4.98 Å². The number of para-hydroxylation sites is 1. The number of rotatable bonds is 8. The lowest BCUT2D eigenvalue weighted by Gasteiger charge is -2.31. The van der Waals surface area contributed by atoms with Gasteiger partial charge in [0, 0.05) is 29.5 Å². The van der Waals surface area contributed by atoms with E-state index in [1.54, 1.807) is 0 Å². The molecule has 2 aromatic carbocycles. The molecule has 1 aromatic heterocycles. The van der Waals surface area contributed by atoms with Gasteiger partial charge in [0.1, 0.15) is 35.2 Å². The Morgan fingerprint density at radius 3 is 2.64 bits per heavy atom. The van der Waals surface area contributed by atoms with Crippen LogP contribution < -0.4 is 15.8 Å². The number of hydrogen-bond acceptors (Lipinski definition) is 7. The minimum absolute atomic E-state index is 0.283. The van der Waals surface area contributed by atoms with E-state index in [1.165, 1.54) is 6.33 Å². The molecule has 2 heterocycles. The number of ether oxygens (including phenoxy) is 1. The Bertz CT molecular complexity index is 1300. The molecule has 5 rings (SSSR count). The number of nitrogen functional groups attached to an aromatic ring is 1. The molecule has 0 radical (unpaired) electrons. The Labute approximate surface area is 211 Å². The van der Waals surface area contributed by atoms with Crippen molar-refractivity contribution in [3.05, 3.63) is 84.2 Å². The fraction of sp³-hybridized carbons (Fsp3) is 0.286. The largest absolute Gasteiger partial charge is 0.457 e. The molecule has 2 aliphatic rings. The maximum absolute atomic E-state index is 9.16. The summed E-state index contributed by atoms with van der Waals surface area (Å²) in [5.41, 5.74) is 8.50. The molecule has 2 fully saturated rings. The summed E-state index contributed by atoms with van der Waals surface area (Å²) in [7, 11) is 0. The van der Waals surface area contributed by atoms with Crippen LogP contribution in [0.4, 0.5) is 11.6 Å². The first-order valence-electron chi connectivity index (χ1n) is 12.2. The average Bonchev–Trinajstić information content (AvgIpc) is 3.71. The zero-order valence-corrected chi connectivity index (χ0v) is 20.1. The summed E-state index contributed by atoms with van der Waals surface area (Å²) in [5.74, 6) is 2.74. The van der Waals surface area contributed by atoms with Crippen LogP contribution in [0.5, 0.6) is 11.5 Å². The van der Waals surface area contributed by atoms with Crippen LogP contribution in [0.2, 0.25) is 0 Å². The fourth-order valence-electron chi connectivity index (χ4n) is 5.00. The van der Waals surface area contributed by atoms with E-state index < -0.39 is 0 Å². The highest BCUT2D eigenvalue weighted by Gasteiger charge is 2.45. The number of nitriles is 1. The average molecular weight is 481 g/mol. The van der Waals surface area contributed by atoms with Gasteiger partial charge in [0.05, 0.1) is 18.3 Å². The number of piperidine rings is 1. The molecule has 5 N–H and O–H groups in total. The number of quaternary nitrogens is 1. The second-order valence-corrected chi connectivity index (χ2v) is 9.44. The molecule has 0 amide bonds. The van der Waals surface area contributed by atoms with Gasteiger partial charge in [-0.05, 0) is 55.8 Å². The molecule has 0 bridgehead atoms. The van der Waals surface area contributed by atoms with Gasteiger partial charge in [0.25, 0.3) is 0 Å². The quantitative estimate of drug-likeness (QED) is 0.335.